The van der Waals surface area contributed by atoms with Crippen LogP contribution in [0.1, 0.15) is 48.6 Å². The van der Waals surface area contributed by atoms with Gasteiger partial charge in [-0.05, 0) is 51.1 Å². The number of carbonyl (C=O) groups is 1. The molecule has 0 aliphatic carbocycles. The monoisotopic (exact) mass is 537 g/mol. The molecule has 5 rings (SSSR count). The Morgan fingerprint density at radius 1 is 1.13 bits per heavy atom. The number of fused-ring (bicyclic) bond motifs is 4. The van der Waals surface area contributed by atoms with Crippen molar-refractivity contribution in [3.63, 3.8) is 0 Å². The molecule has 1 atom stereocenters. The van der Waals surface area contributed by atoms with Crippen LogP contribution in [-0.2, 0) is 17.7 Å². The van der Waals surface area contributed by atoms with Crippen LogP contribution in [-0.4, -0.2) is 38.7 Å². The number of ether oxygens (including phenoxy) is 2. The van der Waals surface area contributed by atoms with E-state index in [1.807, 2.05) is 19.9 Å². The van der Waals surface area contributed by atoms with E-state index in [4.69, 9.17) is 26.1 Å². The van der Waals surface area contributed by atoms with Gasteiger partial charge in [-0.3, -0.25) is 9.36 Å². The maximum Gasteiger partial charge on any atom is 0.358 e. The van der Waals surface area contributed by atoms with Crippen LogP contribution in [0.15, 0.2) is 41.2 Å². The predicted molar refractivity (Wildman–Crippen MR) is 141 cm³/mol. The lowest BCUT2D eigenvalue weighted by Crippen LogP contribution is -2.28. The average molecular weight is 538 g/mol. The standard InChI is InChI=1S/C27H25ClFN5O4/c1-13(2)38-22-8-5-16-19(31-22)9-10-34-25(16)33-23-17(11-15(29)12-18(23)26(34)35)14(3)30-20-6-7-21(28)32-24(20)27(36)37-4/h5-8,11-14,30H,9-10H2,1-4H3/t14-/m1/s1. The molecule has 0 spiro atoms. The van der Waals surface area contributed by atoms with Crippen LogP contribution in [0.2, 0.25) is 5.15 Å². The first-order valence-electron chi connectivity index (χ1n) is 12.1. The van der Waals surface area contributed by atoms with E-state index in [1.54, 1.807) is 23.6 Å². The van der Waals surface area contributed by atoms with E-state index in [1.165, 1.54) is 25.3 Å². The van der Waals surface area contributed by atoms with Crippen molar-refractivity contribution >= 4 is 34.2 Å². The Morgan fingerprint density at radius 3 is 2.66 bits per heavy atom. The maximum absolute atomic E-state index is 14.8. The van der Waals surface area contributed by atoms with Gasteiger partial charge in [0.1, 0.15) is 16.8 Å². The molecule has 4 heterocycles. The van der Waals surface area contributed by atoms with Crippen molar-refractivity contribution in [2.24, 2.45) is 0 Å². The average Bonchev–Trinajstić information content (AvgIpc) is 2.88. The first-order chi connectivity index (χ1) is 18.2. The van der Waals surface area contributed by atoms with Crippen LogP contribution >= 0.6 is 11.6 Å². The van der Waals surface area contributed by atoms with Gasteiger partial charge in [-0.15, -0.1) is 0 Å². The highest BCUT2D eigenvalue weighted by Gasteiger charge is 2.25. The topological polar surface area (TPSA) is 108 Å². The normalized spacial score (nSPS) is 13.1. The van der Waals surface area contributed by atoms with E-state index in [0.29, 0.717) is 41.4 Å². The minimum Gasteiger partial charge on any atom is -0.475 e. The molecular weight excluding hydrogens is 513 g/mol. The number of nitrogens with one attached hydrogen (secondary N) is 1. The summed E-state index contributed by atoms with van der Waals surface area (Å²) in [5.74, 6) is -0.289. The zero-order chi connectivity index (χ0) is 27.1. The van der Waals surface area contributed by atoms with E-state index >= 15 is 0 Å². The van der Waals surface area contributed by atoms with E-state index < -0.39 is 17.8 Å². The third-order valence-electron chi connectivity index (χ3n) is 6.25. The summed E-state index contributed by atoms with van der Waals surface area (Å²) in [6.07, 6.45) is 0.494. The highest BCUT2D eigenvalue weighted by atomic mass is 35.5. The van der Waals surface area contributed by atoms with Gasteiger partial charge in [0.15, 0.2) is 5.69 Å². The number of hydrogen-bond donors (Lipinski definition) is 1. The smallest absolute Gasteiger partial charge is 0.358 e. The zero-order valence-corrected chi connectivity index (χ0v) is 22.0. The number of pyridine rings is 2. The van der Waals surface area contributed by atoms with Crippen LogP contribution in [0.4, 0.5) is 10.1 Å². The second-order valence-electron chi connectivity index (χ2n) is 9.23. The van der Waals surface area contributed by atoms with Crippen molar-refractivity contribution in [3.8, 4) is 17.3 Å². The van der Waals surface area contributed by atoms with Gasteiger partial charge in [0, 0.05) is 30.2 Å². The number of methoxy groups -OCH3 is 1. The molecule has 0 unspecified atom stereocenters. The Kier molecular flexibility index (Phi) is 6.75. The van der Waals surface area contributed by atoms with E-state index in [9.17, 15) is 14.0 Å². The Hall–Kier alpha value is -4.05. The van der Waals surface area contributed by atoms with Gasteiger partial charge in [0.05, 0.1) is 41.5 Å². The molecule has 0 amide bonds. The molecule has 196 valence electrons. The third-order valence-corrected chi connectivity index (χ3v) is 6.46. The number of halogens is 2. The second kappa shape index (κ2) is 10.0. The minimum absolute atomic E-state index is 0.0163. The molecule has 1 aromatic carbocycles. The van der Waals surface area contributed by atoms with Crippen molar-refractivity contribution < 1.29 is 18.7 Å². The number of nitrogens with zero attached hydrogens (tertiary/aromatic N) is 4. The molecule has 1 aliphatic rings. The van der Waals surface area contributed by atoms with Gasteiger partial charge in [-0.1, -0.05) is 11.6 Å². The van der Waals surface area contributed by atoms with E-state index in [2.05, 4.69) is 15.3 Å². The lowest BCUT2D eigenvalue weighted by atomic mass is 10.0. The van der Waals surface area contributed by atoms with Crippen molar-refractivity contribution in [3.05, 3.63) is 74.7 Å². The predicted octanol–water partition coefficient (Wildman–Crippen LogP) is 4.95. The number of aryl methyl sites for hydroxylation is 1. The van der Waals surface area contributed by atoms with Crippen molar-refractivity contribution in [1.29, 1.82) is 0 Å². The lowest BCUT2D eigenvalue weighted by Gasteiger charge is -2.23. The summed E-state index contributed by atoms with van der Waals surface area (Å²) >= 11 is 5.97. The number of hydrogen-bond acceptors (Lipinski definition) is 8. The van der Waals surface area contributed by atoms with Crippen LogP contribution in [0, 0.1) is 5.82 Å². The molecule has 0 saturated carbocycles. The van der Waals surface area contributed by atoms with Crippen LogP contribution in [0.3, 0.4) is 0 Å². The summed E-state index contributed by atoms with van der Waals surface area (Å²) in [4.78, 5) is 39.3. The van der Waals surface area contributed by atoms with E-state index in [0.717, 1.165) is 11.3 Å². The fourth-order valence-corrected chi connectivity index (χ4v) is 4.72. The van der Waals surface area contributed by atoms with Crippen LogP contribution in [0.25, 0.3) is 22.3 Å². The Morgan fingerprint density at radius 2 is 1.92 bits per heavy atom. The van der Waals surface area contributed by atoms with Gasteiger partial charge in [-0.25, -0.2) is 24.1 Å². The molecule has 11 heteroatoms. The van der Waals surface area contributed by atoms with E-state index in [-0.39, 0.29) is 27.9 Å². The first-order valence-corrected chi connectivity index (χ1v) is 12.5. The minimum atomic E-state index is -0.679. The Labute approximate surface area is 222 Å². The number of esters is 1. The first kappa shape index (κ1) is 25.6. The number of benzene rings is 1. The van der Waals surface area contributed by atoms with Gasteiger partial charge in [0.2, 0.25) is 5.88 Å². The van der Waals surface area contributed by atoms with Crippen molar-refractivity contribution in [2.75, 3.05) is 12.4 Å². The zero-order valence-electron chi connectivity index (χ0n) is 21.2. The Bertz CT molecular complexity index is 1640. The van der Waals surface area contributed by atoms with Crippen LogP contribution < -0.4 is 15.6 Å². The molecule has 0 bridgehead atoms. The fraction of sp³-hybridized carbons (Fsp3) is 0.296. The summed E-state index contributed by atoms with van der Waals surface area (Å²) in [5.41, 5.74) is 2.27. The molecule has 9 nitrogen and oxygen atoms in total. The molecule has 1 N–H and O–H groups in total. The fourth-order valence-electron chi connectivity index (χ4n) is 4.57. The quantitative estimate of drug-likeness (QED) is 0.272. The lowest BCUT2D eigenvalue weighted by molar-refractivity contribution is 0.0595. The SMILES string of the molecule is COC(=O)c1nc(Cl)ccc1N[C@H](C)c1cc(F)cc2c(=O)n3c(nc12)-c1ccc(OC(C)C)nc1CC3. The highest BCUT2D eigenvalue weighted by molar-refractivity contribution is 6.29. The molecular formula is C27H25ClFN5O4. The van der Waals surface area contributed by atoms with Crippen molar-refractivity contribution in [1.82, 2.24) is 19.5 Å². The molecule has 4 aromatic rings. The molecule has 38 heavy (non-hydrogen) atoms. The van der Waals surface area contributed by atoms with Crippen molar-refractivity contribution in [2.45, 2.75) is 45.9 Å². The summed E-state index contributed by atoms with van der Waals surface area (Å²) in [6, 6.07) is 8.66. The number of anilines is 1. The highest BCUT2D eigenvalue weighted by Crippen LogP contribution is 2.32. The maximum atomic E-state index is 14.8. The number of carbonyl (C=O) groups excluding carboxylic acids is 1. The van der Waals surface area contributed by atoms with Crippen LogP contribution in [0.5, 0.6) is 5.88 Å². The largest absolute Gasteiger partial charge is 0.475 e. The summed E-state index contributed by atoms with van der Waals surface area (Å²) in [7, 11) is 1.24. The molecule has 3 aromatic heterocycles. The van der Waals surface area contributed by atoms with Gasteiger partial charge >= 0.3 is 5.97 Å². The number of rotatable bonds is 6. The number of aromatic nitrogens is 4. The van der Waals surface area contributed by atoms with Gasteiger partial charge in [-0.2, -0.15) is 0 Å². The molecule has 0 fully saturated rings. The molecule has 1 aliphatic heterocycles. The molecule has 0 saturated heterocycles. The Balaban J connectivity index is 1.62. The second-order valence-corrected chi connectivity index (χ2v) is 9.62. The van der Waals surface area contributed by atoms with Gasteiger partial charge in [0.25, 0.3) is 5.56 Å². The summed E-state index contributed by atoms with van der Waals surface area (Å²) in [5, 5.41) is 3.45. The van der Waals surface area contributed by atoms with Gasteiger partial charge < -0.3 is 14.8 Å². The summed E-state index contributed by atoms with van der Waals surface area (Å²) in [6.45, 7) is 5.98. The molecule has 0 radical (unpaired) electrons. The third kappa shape index (κ3) is 4.67. The summed E-state index contributed by atoms with van der Waals surface area (Å²) < 4.78 is 26.9.